The van der Waals surface area contributed by atoms with Gasteiger partial charge in [-0.1, -0.05) is 13.3 Å². The molecule has 1 saturated heterocycles. The largest absolute Gasteiger partial charge is 0.573 e. The first-order valence-corrected chi connectivity index (χ1v) is 11.6. The molecule has 36 heavy (non-hydrogen) atoms. The molecule has 0 atom stereocenters. The monoisotopic (exact) mass is 504 g/mol. The van der Waals surface area contributed by atoms with Crippen LogP contribution in [0.25, 0.3) is 16.9 Å². The molecule has 0 saturated carbocycles. The predicted molar refractivity (Wildman–Crippen MR) is 125 cm³/mol. The molecule has 2 aromatic heterocycles. The molecule has 4 rings (SSSR count). The lowest BCUT2D eigenvalue weighted by Crippen LogP contribution is -2.41. The summed E-state index contributed by atoms with van der Waals surface area (Å²) in [4.78, 5) is 23.7. The van der Waals surface area contributed by atoms with Gasteiger partial charge in [-0.2, -0.15) is 0 Å². The third-order valence-electron chi connectivity index (χ3n) is 5.85. The Morgan fingerprint density at radius 3 is 2.61 bits per heavy atom. The lowest BCUT2D eigenvalue weighted by atomic mass is 9.97. The standard InChI is InChI=1S/C25H27F3N4O4/c1-4-5-17-13-18(36-25(26,27)28)6-7-19(17)22-16(2)12-20(23(30-22)34-3)32-15-29-14-21(32)24(33)31-8-10-35-11-9-31/h6-7,12-15H,4-5,8-11H2,1-3H3. The molecule has 0 unspecified atom stereocenters. The Kier molecular flexibility index (Phi) is 7.48. The lowest BCUT2D eigenvalue weighted by molar-refractivity contribution is -0.274. The first-order valence-electron chi connectivity index (χ1n) is 11.6. The molecular formula is C25H27F3N4O4. The minimum atomic E-state index is -4.77. The SMILES string of the molecule is CCCc1cc(OC(F)(F)F)ccc1-c1nc(OC)c(-n2cncc2C(=O)N2CCOCC2)cc1C. The molecule has 1 aliphatic rings. The van der Waals surface area contributed by atoms with Crippen molar-refractivity contribution >= 4 is 5.91 Å². The lowest BCUT2D eigenvalue weighted by Gasteiger charge is -2.27. The van der Waals surface area contributed by atoms with Gasteiger partial charge >= 0.3 is 6.36 Å². The summed E-state index contributed by atoms with van der Waals surface area (Å²) in [7, 11) is 1.47. The molecule has 1 aromatic carbocycles. The number of carbonyl (C=O) groups excluding carboxylic acids is 1. The van der Waals surface area contributed by atoms with Crippen LogP contribution in [0.3, 0.4) is 0 Å². The molecule has 8 nitrogen and oxygen atoms in total. The molecule has 0 bridgehead atoms. The quantitative estimate of drug-likeness (QED) is 0.469. The number of aryl methyl sites for hydroxylation is 2. The van der Waals surface area contributed by atoms with Crippen molar-refractivity contribution in [2.45, 2.75) is 33.1 Å². The van der Waals surface area contributed by atoms with E-state index in [0.717, 1.165) is 12.0 Å². The predicted octanol–water partition coefficient (Wildman–Crippen LogP) is 4.57. The molecule has 0 N–H and O–H groups in total. The summed E-state index contributed by atoms with van der Waals surface area (Å²) >= 11 is 0. The maximum absolute atomic E-state index is 13.1. The van der Waals surface area contributed by atoms with Crippen molar-refractivity contribution in [2.24, 2.45) is 0 Å². The van der Waals surface area contributed by atoms with Crippen LogP contribution < -0.4 is 9.47 Å². The van der Waals surface area contributed by atoms with E-state index in [1.165, 1.54) is 31.8 Å². The minimum absolute atomic E-state index is 0.176. The van der Waals surface area contributed by atoms with E-state index >= 15 is 0 Å². The fraction of sp³-hybridized carbons (Fsp3) is 0.400. The van der Waals surface area contributed by atoms with E-state index in [1.54, 1.807) is 15.5 Å². The molecule has 0 radical (unpaired) electrons. The highest BCUT2D eigenvalue weighted by atomic mass is 19.4. The van der Waals surface area contributed by atoms with Gasteiger partial charge in [-0.25, -0.2) is 9.97 Å². The van der Waals surface area contributed by atoms with Crippen LogP contribution in [0.15, 0.2) is 36.8 Å². The van der Waals surface area contributed by atoms with Crippen LogP contribution >= 0.6 is 0 Å². The zero-order valence-electron chi connectivity index (χ0n) is 20.3. The molecule has 11 heteroatoms. The first kappa shape index (κ1) is 25.5. The Hall–Kier alpha value is -3.60. The normalized spacial score (nSPS) is 14.1. The number of amides is 1. The van der Waals surface area contributed by atoms with Gasteiger partial charge in [0.2, 0.25) is 5.88 Å². The summed E-state index contributed by atoms with van der Waals surface area (Å²) in [5, 5.41) is 0. The zero-order valence-corrected chi connectivity index (χ0v) is 20.3. The molecule has 0 aliphatic carbocycles. The van der Waals surface area contributed by atoms with E-state index in [0.29, 0.717) is 60.9 Å². The van der Waals surface area contributed by atoms with Gasteiger partial charge in [0.15, 0.2) is 0 Å². The average molecular weight is 505 g/mol. The molecule has 192 valence electrons. The van der Waals surface area contributed by atoms with Gasteiger partial charge in [-0.3, -0.25) is 9.36 Å². The van der Waals surface area contributed by atoms with Gasteiger partial charge in [-0.15, -0.1) is 13.2 Å². The maximum atomic E-state index is 13.1. The Bertz CT molecular complexity index is 1240. The van der Waals surface area contributed by atoms with Gasteiger partial charge < -0.3 is 19.1 Å². The van der Waals surface area contributed by atoms with Gasteiger partial charge in [-0.05, 0) is 48.7 Å². The van der Waals surface area contributed by atoms with Crippen molar-refractivity contribution in [2.75, 3.05) is 33.4 Å². The first-order chi connectivity index (χ1) is 17.2. The summed E-state index contributed by atoms with van der Waals surface area (Å²) in [6.07, 6.45) is -0.489. The number of imidazole rings is 1. The zero-order chi connectivity index (χ0) is 25.9. The van der Waals surface area contributed by atoms with Crippen molar-refractivity contribution < 1.29 is 32.2 Å². The molecule has 1 fully saturated rings. The third kappa shape index (κ3) is 5.46. The number of alkyl halides is 3. The van der Waals surface area contributed by atoms with Crippen LogP contribution in [0, 0.1) is 6.92 Å². The molecule has 0 spiro atoms. The second kappa shape index (κ2) is 10.6. The highest BCUT2D eigenvalue weighted by Crippen LogP contribution is 2.35. The van der Waals surface area contributed by atoms with E-state index in [2.05, 4.69) is 9.72 Å². The van der Waals surface area contributed by atoms with Crippen LogP contribution in [-0.2, 0) is 11.2 Å². The van der Waals surface area contributed by atoms with Crippen molar-refractivity contribution in [1.29, 1.82) is 0 Å². The molecule has 1 amide bonds. The summed E-state index contributed by atoms with van der Waals surface area (Å²) in [5.41, 5.74) is 3.58. The fourth-order valence-corrected chi connectivity index (χ4v) is 4.23. The van der Waals surface area contributed by atoms with E-state index in [4.69, 9.17) is 14.5 Å². The van der Waals surface area contributed by atoms with Crippen molar-refractivity contribution in [1.82, 2.24) is 19.4 Å². The molecule has 3 aromatic rings. The van der Waals surface area contributed by atoms with Crippen molar-refractivity contribution in [3.63, 3.8) is 0 Å². The number of benzene rings is 1. The average Bonchev–Trinajstić information content (AvgIpc) is 3.33. The summed E-state index contributed by atoms with van der Waals surface area (Å²) in [5.74, 6) is -0.201. The Morgan fingerprint density at radius 2 is 1.94 bits per heavy atom. The molecule has 3 heterocycles. The summed E-state index contributed by atoms with van der Waals surface area (Å²) in [6.45, 7) is 5.73. The number of halogens is 3. The molecule has 1 aliphatic heterocycles. The number of carbonyl (C=O) groups is 1. The van der Waals surface area contributed by atoms with E-state index < -0.39 is 6.36 Å². The van der Waals surface area contributed by atoms with Crippen molar-refractivity contribution in [3.8, 4) is 28.6 Å². The van der Waals surface area contributed by atoms with E-state index in [-0.39, 0.29) is 17.5 Å². The van der Waals surface area contributed by atoms with E-state index in [1.807, 2.05) is 19.9 Å². The topological polar surface area (TPSA) is 78.7 Å². The van der Waals surface area contributed by atoms with Crippen LogP contribution in [0.5, 0.6) is 11.6 Å². The number of ether oxygens (including phenoxy) is 3. The van der Waals surface area contributed by atoms with Gasteiger partial charge in [0.25, 0.3) is 5.91 Å². The van der Waals surface area contributed by atoms with Crippen LogP contribution in [0.1, 0.15) is 35.0 Å². The Morgan fingerprint density at radius 1 is 1.19 bits per heavy atom. The summed E-state index contributed by atoms with van der Waals surface area (Å²) < 4.78 is 54.9. The smallest absolute Gasteiger partial charge is 0.479 e. The summed E-state index contributed by atoms with van der Waals surface area (Å²) in [6, 6.07) is 6.07. The number of methoxy groups -OCH3 is 1. The second-order valence-electron chi connectivity index (χ2n) is 8.35. The number of hydrogen-bond donors (Lipinski definition) is 0. The second-order valence-corrected chi connectivity index (χ2v) is 8.35. The van der Waals surface area contributed by atoms with Crippen LogP contribution in [0.2, 0.25) is 0 Å². The van der Waals surface area contributed by atoms with Gasteiger partial charge in [0.1, 0.15) is 17.1 Å². The van der Waals surface area contributed by atoms with Gasteiger partial charge in [0.05, 0.1) is 38.5 Å². The van der Waals surface area contributed by atoms with Crippen LogP contribution in [0.4, 0.5) is 13.2 Å². The molecular weight excluding hydrogens is 477 g/mol. The number of morpholine rings is 1. The number of pyridine rings is 1. The minimum Gasteiger partial charge on any atom is -0.479 e. The number of nitrogens with zero attached hydrogens (tertiary/aromatic N) is 4. The van der Waals surface area contributed by atoms with E-state index in [9.17, 15) is 18.0 Å². The highest BCUT2D eigenvalue weighted by Gasteiger charge is 2.31. The van der Waals surface area contributed by atoms with Gasteiger partial charge in [0, 0.05) is 18.7 Å². The number of hydrogen-bond acceptors (Lipinski definition) is 6. The maximum Gasteiger partial charge on any atom is 0.573 e. The van der Waals surface area contributed by atoms with Crippen molar-refractivity contribution in [3.05, 3.63) is 53.6 Å². The Balaban J connectivity index is 1.74. The number of rotatable bonds is 7. The highest BCUT2D eigenvalue weighted by molar-refractivity contribution is 5.93. The fourth-order valence-electron chi connectivity index (χ4n) is 4.23. The van der Waals surface area contributed by atoms with Crippen LogP contribution in [-0.4, -0.2) is 65.1 Å². The number of aromatic nitrogens is 3. The Labute approximate surface area is 206 Å². The third-order valence-corrected chi connectivity index (χ3v) is 5.85.